The van der Waals surface area contributed by atoms with Crippen LogP contribution in [0.5, 0.6) is 0 Å². The first kappa shape index (κ1) is 22.9. The number of nitrogens with one attached hydrogen (secondary N) is 1. The first-order valence-corrected chi connectivity index (χ1v) is 12.4. The lowest BCUT2D eigenvalue weighted by atomic mass is 10.1. The van der Waals surface area contributed by atoms with E-state index < -0.39 is 0 Å². The lowest BCUT2D eigenvalue weighted by Gasteiger charge is -2.19. The third-order valence-corrected chi connectivity index (χ3v) is 6.90. The van der Waals surface area contributed by atoms with E-state index in [-0.39, 0.29) is 17.7 Å². The number of benzene rings is 3. The molecule has 1 atom stereocenters. The van der Waals surface area contributed by atoms with Gasteiger partial charge in [-0.25, -0.2) is 4.98 Å². The molecule has 2 heterocycles. The number of amides is 1. The molecule has 0 saturated heterocycles. The normalized spacial score (nSPS) is 12.1. The summed E-state index contributed by atoms with van der Waals surface area (Å²) >= 11 is 1.39. The molecular formula is C27H26N6OS. The monoisotopic (exact) mass is 482 g/mol. The number of hydrogen-bond donors (Lipinski definition) is 1. The zero-order valence-corrected chi connectivity index (χ0v) is 20.4. The van der Waals surface area contributed by atoms with Crippen LogP contribution in [0.2, 0.25) is 0 Å². The molecular weight excluding hydrogens is 456 g/mol. The third-order valence-electron chi connectivity index (χ3n) is 5.94. The van der Waals surface area contributed by atoms with Crippen molar-refractivity contribution in [2.24, 2.45) is 7.05 Å². The smallest absolute Gasteiger partial charge is 0.231 e. The maximum atomic E-state index is 13.1. The minimum atomic E-state index is -0.370. The van der Waals surface area contributed by atoms with Gasteiger partial charge in [-0.05, 0) is 30.2 Å². The Morgan fingerprint density at radius 1 is 0.943 bits per heavy atom. The SMILES string of the molecule is Cc1nnc(SCC(=O)NC(c2ccccc2)c2nc3ccccc3n2C)n1Cc1ccccc1. The van der Waals surface area contributed by atoms with Gasteiger partial charge in [-0.2, -0.15) is 0 Å². The summed E-state index contributed by atoms with van der Waals surface area (Å²) in [6, 6.07) is 27.7. The van der Waals surface area contributed by atoms with Gasteiger partial charge in [0, 0.05) is 7.05 Å². The molecule has 3 aromatic carbocycles. The van der Waals surface area contributed by atoms with Crippen LogP contribution in [0.15, 0.2) is 90.1 Å². The molecule has 0 aliphatic heterocycles. The number of aryl methyl sites for hydroxylation is 2. The van der Waals surface area contributed by atoms with Crippen LogP contribution >= 0.6 is 11.8 Å². The number of imidazole rings is 1. The van der Waals surface area contributed by atoms with E-state index in [1.165, 1.54) is 11.8 Å². The molecule has 0 radical (unpaired) electrons. The summed E-state index contributed by atoms with van der Waals surface area (Å²) in [6.45, 7) is 2.59. The Labute approximate surface area is 208 Å². The highest BCUT2D eigenvalue weighted by atomic mass is 32.2. The van der Waals surface area contributed by atoms with Crippen LogP contribution in [-0.2, 0) is 18.4 Å². The van der Waals surface area contributed by atoms with Crippen molar-refractivity contribution < 1.29 is 4.79 Å². The molecule has 0 spiro atoms. The van der Waals surface area contributed by atoms with E-state index in [9.17, 15) is 4.79 Å². The van der Waals surface area contributed by atoms with Crippen LogP contribution in [0, 0.1) is 6.92 Å². The molecule has 7 nitrogen and oxygen atoms in total. The first-order chi connectivity index (χ1) is 17.1. The molecule has 5 aromatic rings. The zero-order valence-electron chi connectivity index (χ0n) is 19.6. The molecule has 1 amide bonds. The fourth-order valence-corrected chi connectivity index (χ4v) is 4.91. The number of nitrogens with zero attached hydrogens (tertiary/aromatic N) is 5. The van der Waals surface area contributed by atoms with E-state index in [4.69, 9.17) is 4.98 Å². The maximum Gasteiger partial charge on any atom is 0.231 e. The van der Waals surface area contributed by atoms with Gasteiger partial charge in [0.25, 0.3) is 0 Å². The van der Waals surface area contributed by atoms with E-state index in [1.54, 1.807) is 0 Å². The number of para-hydroxylation sites is 2. The van der Waals surface area contributed by atoms with Crippen molar-refractivity contribution in [1.29, 1.82) is 0 Å². The minimum Gasteiger partial charge on any atom is -0.341 e. The summed E-state index contributed by atoms with van der Waals surface area (Å²) in [5, 5.41) is 12.5. The Morgan fingerprint density at radius 2 is 1.63 bits per heavy atom. The number of fused-ring (bicyclic) bond motifs is 1. The second kappa shape index (κ2) is 10.1. The molecule has 8 heteroatoms. The van der Waals surface area contributed by atoms with Crippen molar-refractivity contribution in [1.82, 2.24) is 29.6 Å². The second-order valence-electron chi connectivity index (χ2n) is 8.32. The standard InChI is InChI=1S/C27H26N6OS/c1-19-30-31-27(33(19)17-20-11-5-3-6-12-20)35-18-24(34)29-25(21-13-7-4-8-14-21)26-28-22-15-9-10-16-23(22)32(26)2/h3-16,25H,17-18H2,1-2H3,(H,29,34). The molecule has 35 heavy (non-hydrogen) atoms. The van der Waals surface area contributed by atoms with E-state index in [2.05, 4.69) is 27.6 Å². The largest absolute Gasteiger partial charge is 0.341 e. The lowest BCUT2D eigenvalue weighted by Crippen LogP contribution is -2.32. The van der Waals surface area contributed by atoms with Gasteiger partial charge in [0.05, 0.1) is 23.3 Å². The average Bonchev–Trinajstić information content (AvgIpc) is 3.41. The zero-order chi connectivity index (χ0) is 24.2. The molecule has 0 aliphatic rings. The van der Waals surface area contributed by atoms with Crippen molar-refractivity contribution >= 4 is 28.7 Å². The van der Waals surface area contributed by atoms with Crippen LogP contribution < -0.4 is 5.32 Å². The highest BCUT2D eigenvalue weighted by Gasteiger charge is 2.23. The van der Waals surface area contributed by atoms with Crippen LogP contribution in [0.3, 0.4) is 0 Å². The van der Waals surface area contributed by atoms with Crippen LogP contribution in [0.1, 0.15) is 28.8 Å². The molecule has 1 unspecified atom stereocenters. The van der Waals surface area contributed by atoms with Gasteiger partial charge in [-0.15, -0.1) is 10.2 Å². The lowest BCUT2D eigenvalue weighted by molar-refractivity contribution is -0.119. The predicted octanol–water partition coefficient (Wildman–Crippen LogP) is 4.52. The maximum absolute atomic E-state index is 13.1. The Hall–Kier alpha value is -3.91. The van der Waals surface area contributed by atoms with Gasteiger partial charge in [-0.3, -0.25) is 4.79 Å². The number of thioether (sulfide) groups is 1. The topological polar surface area (TPSA) is 77.6 Å². The van der Waals surface area contributed by atoms with Crippen LogP contribution in [-0.4, -0.2) is 36.0 Å². The van der Waals surface area contributed by atoms with E-state index in [1.807, 2.05) is 95.9 Å². The molecule has 2 aromatic heterocycles. The highest BCUT2D eigenvalue weighted by Crippen LogP contribution is 2.26. The van der Waals surface area contributed by atoms with Crippen molar-refractivity contribution in [3.63, 3.8) is 0 Å². The van der Waals surface area contributed by atoms with Crippen LogP contribution in [0.25, 0.3) is 11.0 Å². The number of carbonyl (C=O) groups is 1. The van der Waals surface area contributed by atoms with Crippen molar-refractivity contribution in [2.45, 2.75) is 24.7 Å². The molecule has 1 N–H and O–H groups in total. The fraction of sp³-hybridized carbons (Fsp3) is 0.185. The van der Waals surface area contributed by atoms with E-state index in [0.717, 1.165) is 39.0 Å². The van der Waals surface area contributed by atoms with Crippen molar-refractivity contribution in [2.75, 3.05) is 5.75 Å². The predicted molar refractivity (Wildman–Crippen MR) is 138 cm³/mol. The number of aromatic nitrogens is 5. The van der Waals surface area contributed by atoms with Gasteiger partial charge in [-0.1, -0.05) is 84.6 Å². The fourth-order valence-electron chi connectivity index (χ4n) is 4.11. The minimum absolute atomic E-state index is 0.0946. The van der Waals surface area contributed by atoms with E-state index in [0.29, 0.717) is 6.54 Å². The van der Waals surface area contributed by atoms with Crippen molar-refractivity contribution in [3.8, 4) is 0 Å². The molecule has 0 bridgehead atoms. The van der Waals surface area contributed by atoms with Crippen molar-refractivity contribution in [3.05, 3.63) is 108 Å². The number of carbonyl (C=O) groups excluding carboxylic acids is 1. The summed E-state index contributed by atoms with van der Waals surface area (Å²) in [7, 11) is 1.98. The Balaban J connectivity index is 1.35. The highest BCUT2D eigenvalue weighted by molar-refractivity contribution is 7.99. The average molecular weight is 483 g/mol. The van der Waals surface area contributed by atoms with Gasteiger partial charge in [0.2, 0.25) is 5.91 Å². The first-order valence-electron chi connectivity index (χ1n) is 11.4. The molecule has 0 aliphatic carbocycles. The van der Waals surface area contributed by atoms with Gasteiger partial charge in [0.15, 0.2) is 5.16 Å². The summed E-state index contributed by atoms with van der Waals surface area (Å²) in [4.78, 5) is 18.0. The number of hydrogen-bond acceptors (Lipinski definition) is 5. The second-order valence-corrected chi connectivity index (χ2v) is 9.26. The molecule has 176 valence electrons. The molecule has 5 rings (SSSR count). The van der Waals surface area contributed by atoms with Gasteiger partial charge in [0.1, 0.15) is 17.7 Å². The molecule has 0 saturated carbocycles. The quantitative estimate of drug-likeness (QED) is 0.329. The van der Waals surface area contributed by atoms with Gasteiger partial charge < -0.3 is 14.5 Å². The van der Waals surface area contributed by atoms with Crippen LogP contribution in [0.4, 0.5) is 0 Å². The summed E-state index contributed by atoms with van der Waals surface area (Å²) in [5.74, 6) is 1.74. The van der Waals surface area contributed by atoms with Gasteiger partial charge >= 0.3 is 0 Å². The summed E-state index contributed by atoms with van der Waals surface area (Å²) in [6.07, 6.45) is 0. The third kappa shape index (κ3) is 4.97. The Kier molecular flexibility index (Phi) is 6.63. The Bertz CT molecular complexity index is 1440. The molecule has 0 fully saturated rings. The van der Waals surface area contributed by atoms with E-state index >= 15 is 0 Å². The summed E-state index contributed by atoms with van der Waals surface area (Å²) < 4.78 is 4.08. The number of rotatable bonds is 8. The Morgan fingerprint density at radius 3 is 2.37 bits per heavy atom. The summed E-state index contributed by atoms with van der Waals surface area (Å²) in [5.41, 5.74) is 4.07.